The van der Waals surface area contributed by atoms with Crippen LogP contribution in [0.25, 0.3) is 0 Å². The number of hydrogen-bond acceptors (Lipinski definition) is 6. The minimum atomic E-state index is -3.89. The number of nitrogens with one attached hydrogen (secondary N) is 3. The van der Waals surface area contributed by atoms with Gasteiger partial charge in [0, 0.05) is 26.7 Å². The van der Waals surface area contributed by atoms with Crippen molar-refractivity contribution in [2.24, 2.45) is 0 Å². The predicted molar refractivity (Wildman–Crippen MR) is 94.0 cm³/mol. The molecule has 0 aliphatic carbocycles. The Kier molecular flexibility index (Phi) is 8.22. The molecule has 1 aromatic rings. The van der Waals surface area contributed by atoms with E-state index in [0.717, 1.165) is 18.2 Å². The minimum absolute atomic E-state index is 0.120. The van der Waals surface area contributed by atoms with Crippen molar-refractivity contribution in [3.05, 3.63) is 24.0 Å². The number of anilines is 1. The third kappa shape index (κ3) is 6.86. The van der Waals surface area contributed by atoms with E-state index in [4.69, 9.17) is 4.74 Å². The van der Waals surface area contributed by atoms with Crippen LogP contribution in [0.15, 0.2) is 23.1 Å². The largest absolute Gasteiger partial charge is 0.383 e. The van der Waals surface area contributed by atoms with Crippen LogP contribution < -0.4 is 14.8 Å². The van der Waals surface area contributed by atoms with E-state index in [-0.39, 0.29) is 17.1 Å². The van der Waals surface area contributed by atoms with Crippen LogP contribution in [0.4, 0.5) is 10.1 Å². The molecule has 0 atom stereocenters. The summed E-state index contributed by atoms with van der Waals surface area (Å²) in [6, 6.07) is 3.00. The maximum absolute atomic E-state index is 14.1. The Labute approximate surface area is 148 Å². The number of hydrogen-bond donors (Lipinski definition) is 3. The van der Waals surface area contributed by atoms with Gasteiger partial charge in [0.15, 0.2) is 0 Å². The van der Waals surface area contributed by atoms with Gasteiger partial charge in [-0.2, -0.15) is 0 Å². The Hall–Kier alpha value is -1.27. The summed E-state index contributed by atoms with van der Waals surface area (Å²) in [5.41, 5.74) is -0.297. The van der Waals surface area contributed by atoms with Crippen molar-refractivity contribution in [3.8, 4) is 0 Å². The molecule has 144 valence electrons. The summed E-state index contributed by atoms with van der Waals surface area (Å²) in [6.45, 7) is 4.49. The topological polar surface area (TPSA) is 114 Å². The normalized spacial score (nSPS) is 12.5. The van der Waals surface area contributed by atoms with Crippen molar-refractivity contribution in [2.75, 3.05) is 38.1 Å². The molecular weight excluding hydrogens is 373 g/mol. The molecule has 0 fully saturated rings. The number of halogens is 1. The lowest BCUT2D eigenvalue weighted by molar-refractivity contribution is 0.199. The fourth-order valence-electron chi connectivity index (χ4n) is 1.67. The number of rotatable bonds is 11. The molecule has 0 bridgehead atoms. The van der Waals surface area contributed by atoms with Crippen molar-refractivity contribution < 1.29 is 26.0 Å². The van der Waals surface area contributed by atoms with Crippen LogP contribution in [0, 0.1) is 5.82 Å². The van der Waals surface area contributed by atoms with E-state index in [0.29, 0.717) is 19.7 Å². The molecular formula is C14H24FN3O5S2. The van der Waals surface area contributed by atoms with Gasteiger partial charge >= 0.3 is 0 Å². The SMILES string of the molecule is COCCNCCNS(=O)(=O)c1ccc(NS(=O)(=O)C(C)C)c(F)c1. The highest BCUT2D eigenvalue weighted by Crippen LogP contribution is 2.20. The van der Waals surface area contributed by atoms with Crippen LogP contribution in [-0.4, -0.2) is 55.4 Å². The van der Waals surface area contributed by atoms with E-state index < -0.39 is 31.1 Å². The van der Waals surface area contributed by atoms with E-state index in [1.807, 2.05) is 0 Å². The number of ether oxygens (including phenoxy) is 1. The zero-order chi connectivity index (χ0) is 19.1. The summed E-state index contributed by atoms with van der Waals surface area (Å²) >= 11 is 0. The smallest absolute Gasteiger partial charge is 0.240 e. The number of sulfonamides is 2. The van der Waals surface area contributed by atoms with Gasteiger partial charge in [0.1, 0.15) is 5.82 Å². The fourth-order valence-corrected chi connectivity index (χ4v) is 3.42. The number of benzene rings is 1. The van der Waals surface area contributed by atoms with Crippen LogP contribution in [0.3, 0.4) is 0 Å². The third-order valence-electron chi connectivity index (χ3n) is 3.20. The van der Waals surface area contributed by atoms with E-state index in [9.17, 15) is 21.2 Å². The summed E-state index contributed by atoms with van der Waals surface area (Å²) in [6.07, 6.45) is 0. The molecule has 0 amide bonds. The average molecular weight is 397 g/mol. The summed E-state index contributed by atoms with van der Waals surface area (Å²) in [4.78, 5) is -0.283. The van der Waals surface area contributed by atoms with Crippen molar-refractivity contribution in [3.63, 3.8) is 0 Å². The molecule has 25 heavy (non-hydrogen) atoms. The van der Waals surface area contributed by atoms with Gasteiger partial charge < -0.3 is 10.1 Å². The van der Waals surface area contributed by atoms with Gasteiger partial charge in [-0.15, -0.1) is 0 Å². The lowest BCUT2D eigenvalue weighted by atomic mass is 10.3. The molecule has 0 saturated heterocycles. The Morgan fingerprint density at radius 1 is 1.12 bits per heavy atom. The molecule has 0 spiro atoms. The Bertz CT molecular complexity index is 767. The van der Waals surface area contributed by atoms with Crippen LogP contribution in [0.2, 0.25) is 0 Å². The molecule has 8 nitrogen and oxygen atoms in total. The summed E-state index contributed by atoms with van der Waals surface area (Å²) in [5, 5.41) is 2.22. The van der Waals surface area contributed by atoms with Gasteiger partial charge in [-0.3, -0.25) is 4.72 Å². The molecule has 0 radical (unpaired) electrons. The van der Waals surface area contributed by atoms with Crippen LogP contribution in [0.5, 0.6) is 0 Å². The molecule has 3 N–H and O–H groups in total. The summed E-state index contributed by atoms with van der Waals surface area (Å²) in [5.74, 6) is -0.967. The molecule has 1 rings (SSSR count). The van der Waals surface area contributed by atoms with Crippen molar-refractivity contribution >= 4 is 25.7 Å². The monoisotopic (exact) mass is 397 g/mol. The zero-order valence-corrected chi connectivity index (χ0v) is 16.0. The number of methoxy groups -OCH3 is 1. The maximum atomic E-state index is 14.1. The second-order valence-corrected chi connectivity index (χ2v) is 9.48. The van der Waals surface area contributed by atoms with Crippen molar-refractivity contribution in [1.29, 1.82) is 0 Å². The van der Waals surface area contributed by atoms with Gasteiger partial charge in [0.05, 0.1) is 22.4 Å². The van der Waals surface area contributed by atoms with Crippen LogP contribution >= 0.6 is 0 Å². The second kappa shape index (κ2) is 9.43. The zero-order valence-electron chi connectivity index (χ0n) is 14.4. The molecule has 0 aliphatic heterocycles. The second-order valence-electron chi connectivity index (χ2n) is 5.48. The molecule has 1 aromatic carbocycles. The average Bonchev–Trinajstić information content (AvgIpc) is 2.52. The molecule has 0 heterocycles. The Balaban J connectivity index is 2.74. The van der Waals surface area contributed by atoms with Gasteiger partial charge in [0.25, 0.3) is 0 Å². The standard InChI is InChI=1S/C14H24FN3O5S2/c1-11(2)24(19,20)18-14-5-4-12(10-13(14)15)25(21,22)17-7-6-16-8-9-23-3/h4-5,10-11,16-18H,6-9H2,1-3H3. The predicted octanol–water partition coefficient (Wildman–Crippen LogP) is 0.490. The van der Waals surface area contributed by atoms with Gasteiger partial charge in [-0.05, 0) is 32.0 Å². The van der Waals surface area contributed by atoms with Crippen LogP contribution in [-0.2, 0) is 24.8 Å². The van der Waals surface area contributed by atoms with Crippen molar-refractivity contribution in [2.45, 2.75) is 24.0 Å². The molecule has 0 aliphatic rings. The highest BCUT2D eigenvalue weighted by atomic mass is 32.2. The van der Waals surface area contributed by atoms with Crippen LogP contribution in [0.1, 0.15) is 13.8 Å². The van der Waals surface area contributed by atoms with Gasteiger partial charge in [0.2, 0.25) is 20.0 Å². The quantitative estimate of drug-likeness (QED) is 0.468. The Morgan fingerprint density at radius 2 is 1.80 bits per heavy atom. The van der Waals surface area contributed by atoms with E-state index in [1.165, 1.54) is 13.8 Å². The summed E-state index contributed by atoms with van der Waals surface area (Å²) < 4.78 is 71.1. The highest BCUT2D eigenvalue weighted by molar-refractivity contribution is 7.93. The first-order valence-corrected chi connectivity index (χ1v) is 10.6. The summed E-state index contributed by atoms with van der Waals surface area (Å²) in [7, 11) is -6.05. The van der Waals surface area contributed by atoms with E-state index >= 15 is 0 Å². The lowest BCUT2D eigenvalue weighted by Crippen LogP contribution is -2.33. The minimum Gasteiger partial charge on any atom is -0.383 e. The molecule has 11 heteroatoms. The molecule has 0 unspecified atom stereocenters. The maximum Gasteiger partial charge on any atom is 0.240 e. The molecule has 0 aromatic heterocycles. The van der Waals surface area contributed by atoms with Crippen molar-refractivity contribution in [1.82, 2.24) is 10.0 Å². The van der Waals surface area contributed by atoms with E-state index in [2.05, 4.69) is 14.8 Å². The third-order valence-corrected chi connectivity index (χ3v) is 6.40. The first-order valence-electron chi connectivity index (χ1n) is 7.60. The van der Waals surface area contributed by atoms with Gasteiger partial charge in [-0.1, -0.05) is 0 Å². The van der Waals surface area contributed by atoms with E-state index in [1.54, 1.807) is 7.11 Å². The first-order chi connectivity index (χ1) is 11.6. The molecule has 0 saturated carbocycles. The fraction of sp³-hybridized carbons (Fsp3) is 0.571. The van der Waals surface area contributed by atoms with Gasteiger partial charge in [-0.25, -0.2) is 25.9 Å². The lowest BCUT2D eigenvalue weighted by Gasteiger charge is -2.13. The first kappa shape index (κ1) is 21.8. The Morgan fingerprint density at radius 3 is 2.36 bits per heavy atom. The highest BCUT2D eigenvalue weighted by Gasteiger charge is 2.20.